The molecule has 0 aliphatic heterocycles. The maximum absolute atomic E-state index is 12.3. The second kappa shape index (κ2) is 12.4. The largest absolute Gasteiger partial charge is 0.289 e. The third-order valence-electron chi connectivity index (χ3n) is 4.06. The molecule has 0 aliphatic carbocycles. The number of hydrogen-bond donors (Lipinski definition) is 0. The van der Waals surface area contributed by atoms with Crippen LogP contribution in [0.15, 0.2) is 100.0 Å². The monoisotopic (exact) mass is 510 g/mol. The molecule has 3 rings (SSSR count). The molecule has 0 saturated carbocycles. The summed E-state index contributed by atoms with van der Waals surface area (Å²) < 4.78 is 1.94. The van der Waals surface area contributed by atoms with E-state index in [-0.39, 0.29) is 5.78 Å². The van der Waals surface area contributed by atoms with Crippen molar-refractivity contribution in [1.29, 1.82) is 0 Å². The summed E-state index contributed by atoms with van der Waals surface area (Å²) in [6.07, 6.45) is 8.77. The lowest BCUT2D eigenvalue weighted by Gasteiger charge is -2.02. The number of ketones is 1. The van der Waals surface area contributed by atoms with Gasteiger partial charge in [0, 0.05) is 14.5 Å². The van der Waals surface area contributed by atoms with Crippen molar-refractivity contribution in [2.75, 3.05) is 0 Å². The third kappa shape index (κ3) is 7.96. The molecule has 1 nitrogen and oxygen atoms in total. The Morgan fingerprint density at radius 1 is 0.862 bits per heavy atom. The summed E-state index contributed by atoms with van der Waals surface area (Å²) in [5.41, 5.74) is 3.89. The Morgan fingerprint density at radius 3 is 1.97 bits per heavy atom. The van der Waals surface area contributed by atoms with Crippen molar-refractivity contribution in [1.82, 2.24) is 0 Å². The van der Waals surface area contributed by atoms with Crippen LogP contribution in [-0.4, -0.2) is 5.78 Å². The van der Waals surface area contributed by atoms with E-state index in [2.05, 4.69) is 63.1 Å². The van der Waals surface area contributed by atoms with E-state index in [0.717, 1.165) is 32.1 Å². The molecule has 0 spiro atoms. The molecule has 0 unspecified atom stereocenters. The minimum absolute atomic E-state index is 0.00860. The predicted molar refractivity (Wildman–Crippen MR) is 132 cm³/mol. The van der Waals surface area contributed by atoms with Gasteiger partial charge in [0.15, 0.2) is 5.78 Å². The molecule has 0 saturated heterocycles. The minimum atomic E-state index is -0.00860. The summed E-state index contributed by atoms with van der Waals surface area (Å²) in [7, 11) is 0. The molecular formula is C26H24Br2O. The van der Waals surface area contributed by atoms with Gasteiger partial charge in [-0.15, -0.1) is 0 Å². The van der Waals surface area contributed by atoms with E-state index in [9.17, 15) is 4.79 Å². The van der Waals surface area contributed by atoms with E-state index in [1.807, 2.05) is 73.7 Å². The molecule has 0 aliphatic rings. The molecule has 0 atom stereocenters. The van der Waals surface area contributed by atoms with Gasteiger partial charge in [0.25, 0.3) is 0 Å². The Morgan fingerprint density at radius 2 is 1.45 bits per heavy atom. The van der Waals surface area contributed by atoms with Crippen LogP contribution < -0.4 is 0 Å². The summed E-state index contributed by atoms with van der Waals surface area (Å²) in [6.45, 7) is 4.16. The molecule has 148 valence electrons. The molecule has 0 N–H and O–H groups in total. The lowest BCUT2D eigenvalue weighted by molar-refractivity contribution is 0.104. The van der Waals surface area contributed by atoms with Gasteiger partial charge >= 0.3 is 0 Å². The number of carbonyl (C=O) groups is 1. The van der Waals surface area contributed by atoms with E-state index in [1.54, 1.807) is 6.08 Å². The molecule has 0 heterocycles. The molecule has 0 aromatic heterocycles. The van der Waals surface area contributed by atoms with Crippen molar-refractivity contribution in [3.63, 3.8) is 0 Å². The van der Waals surface area contributed by atoms with Crippen molar-refractivity contribution >= 4 is 43.7 Å². The highest BCUT2D eigenvalue weighted by molar-refractivity contribution is 9.11. The van der Waals surface area contributed by atoms with Crippen LogP contribution in [0.4, 0.5) is 0 Å². The van der Waals surface area contributed by atoms with Gasteiger partial charge in [0.1, 0.15) is 0 Å². The highest BCUT2D eigenvalue weighted by Gasteiger charge is 2.03. The van der Waals surface area contributed by atoms with Crippen LogP contribution >= 0.6 is 31.9 Å². The maximum atomic E-state index is 12.3. The van der Waals surface area contributed by atoms with Crippen molar-refractivity contribution in [3.8, 4) is 11.1 Å². The van der Waals surface area contributed by atoms with Gasteiger partial charge in [0.05, 0.1) is 0 Å². The fraction of sp³-hybridized carbons (Fsp3) is 0.115. The normalized spacial score (nSPS) is 10.8. The van der Waals surface area contributed by atoms with E-state index in [4.69, 9.17) is 0 Å². The van der Waals surface area contributed by atoms with Gasteiger partial charge in [-0.1, -0.05) is 112 Å². The number of rotatable bonds is 5. The first kappa shape index (κ1) is 23.1. The summed E-state index contributed by atoms with van der Waals surface area (Å²) >= 11 is 6.89. The third-order valence-corrected chi connectivity index (χ3v) is 4.98. The first-order valence-electron chi connectivity index (χ1n) is 9.48. The maximum Gasteiger partial charge on any atom is 0.185 e. The van der Waals surface area contributed by atoms with Gasteiger partial charge in [-0.05, 0) is 54.3 Å². The number of halogens is 2. The first-order valence-corrected chi connectivity index (χ1v) is 11.1. The average Bonchev–Trinajstić information content (AvgIpc) is 2.73. The summed E-state index contributed by atoms with van der Waals surface area (Å²) in [6, 6.07) is 23.7. The summed E-state index contributed by atoms with van der Waals surface area (Å²) in [4.78, 5) is 12.3. The second-order valence-corrected chi connectivity index (χ2v) is 8.15. The lowest BCUT2D eigenvalue weighted by atomic mass is 10.0. The van der Waals surface area contributed by atoms with Crippen molar-refractivity contribution < 1.29 is 4.79 Å². The van der Waals surface area contributed by atoms with Crippen LogP contribution in [0.1, 0.15) is 36.2 Å². The van der Waals surface area contributed by atoms with Crippen LogP contribution in [0.25, 0.3) is 17.2 Å². The molecule has 0 bridgehead atoms. The molecule has 0 amide bonds. The molecule has 3 aromatic carbocycles. The smallest absolute Gasteiger partial charge is 0.185 e. The van der Waals surface area contributed by atoms with Crippen LogP contribution in [0.5, 0.6) is 0 Å². The standard InChI is InChI=1S/C21H14Br2O.C5H10/c22-19-12-15(13-20(23)14-19)6-11-21(24)18-9-7-17(8-10-18)16-4-2-1-3-5-16;1-3-5-4-2/h1-14H;3,5H,4H2,1-2H3/b11-6+;5-3-. The number of benzene rings is 3. The number of carbonyl (C=O) groups excluding carboxylic acids is 1. The van der Waals surface area contributed by atoms with E-state index in [1.165, 1.54) is 0 Å². The summed E-state index contributed by atoms with van der Waals surface area (Å²) in [5.74, 6) is -0.00860. The summed E-state index contributed by atoms with van der Waals surface area (Å²) in [5, 5.41) is 0. The molecule has 0 fully saturated rings. The van der Waals surface area contributed by atoms with Gasteiger partial charge < -0.3 is 0 Å². The van der Waals surface area contributed by atoms with E-state index in [0.29, 0.717) is 5.56 Å². The Balaban J connectivity index is 0.000000537. The van der Waals surface area contributed by atoms with Gasteiger partial charge in [-0.3, -0.25) is 4.79 Å². The molecular weight excluding hydrogens is 488 g/mol. The topological polar surface area (TPSA) is 17.1 Å². The average molecular weight is 512 g/mol. The van der Waals surface area contributed by atoms with Crippen LogP contribution in [-0.2, 0) is 0 Å². The predicted octanol–water partition coefficient (Wildman–Crippen LogP) is 8.75. The molecule has 0 radical (unpaired) electrons. The quantitative estimate of drug-likeness (QED) is 0.190. The highest BCUT2D eigenvalue weighted by atomic mass is 79.9. The van der Waals surface area contributed by atoms with Crippen LogP contribution in [0.3, 0.4) is 0 Å². The minimum Gasteiger partial charge on any atom is -0.289 e. The van der Waals surface area contributed by atoms with Gasteiger partial charge in [0.2, 0.25) is 0 Å². The molecule has 29 heavy (non-hydrogen) atoms. The van der Waals surface area contributed by atoms with E-state index < -0.39 is 0 Å². The molecule has 3 heteroatoms. The Hall–Kier alpha value is -2.23. The fourth-order valence-electron chi connectivity index (χ4n) is 2.63. The first-order chi connectivity index (χ1) is 14.0. The zero-order valence-corrected chi connectivity index (χ0v) is 19.8. The second-order valence-electron chi connectivity index (χ2n) is 6.32. The Bertz CT molecular complexity index is 951. The SMILES string of the molecule is C/C=C\CC.O=C(/C=C/c1cc(Br)cc(Br)c1)c1ccc(-c2ccccc2)cc1. The fourth-order valence-corrected chi connectivity index (χ4v) is 3.96. The number of allylic oxidation sites excluding steroid dienone is 3. The Kier molecular flexibility index (Phi) is 9.82. The Labute approximate surface area is 190 Å². The van der Waals surface area contributed by atoms with Crippen molar-refractivity contribution in [2.45, 2.75) is 20.3 Å². The van der Waals surface area contributed by atoms with Crippen LogP contribution in [0, 0.1) is 0 Å². The lowest BCUT2D eigenvalue weighted by Crippen LogP contribution is -1.93. The number of hydrogen-bond acceptors (Lipinski definition) is 1. The van der Waals surface area contributed by atoms with Crippen LogP contribution in [0.2, 0.25) is 0 Å². The van der Waals surface area contributed by atoms with Gasteiger partial charge in [-0.2, -0.15) is 0 Å². The van der Waals surface area contributed by atoms with Gasteiger partial charge in [-0.25, -0.2) is 0 Å². The highest BCUT2D eigenvalue weighted by Crippen LogP contribution is 2.22. The molecule has 3 aromatic rings. The van der Waals surface area contributed by atoms with Crippen molar-refractivity contribution in [2.24, 2.45) is 0 Å². The zero-order chi connectivity index (χ0) is 21.1. The van der Waals surface area contributed by atoms with Crippen molar-refractivity contribution in [3.05, 3.63) is 111 Å². The zero-order valence-electron chi connectivity index (χ0n) is 16.6. The van der Waals surface area contributed by atoms with E-state index >= 15 is 0 Å².